The number of halogens is 1. The highest BCUT2D eigenvalue weighted by molar-refractivity contribution is 6.31. The number of benzene rings is 3. The number of amides is 1. The Bertz CT molecular complexity index is 1390. The molecule has 8 heteroatoms. The normalized spacial score (nSPS) is 10.7. The number of carbonyl (C=O) groups excluding carboxylic acids is 1. The predicted molar refractivity (Wildman–Crippen MR) is 136 cm³/mol. The molecule has 0 aliphatic rings. The molecule has 0 atom stereocenters. The van der Waals surface area contributed by atoms with E-state index in [0.717, 1.165) is 22.1 Å². The smallest absolute Gasteiger partial charge is 0.411 e. The second-order valence-electron chi connectivity index (χ2n) is 7.79. The molecule has 0 saturated heterocycles. The number of anilines is 1. The van der Waals surface area contributed by atoms with Crippen LogP contribution in [0.4, 0.5) is 10.5 Å². The van der Waals surface area contributed by atoms with Gasteiger partial charge in [-0.25, -0.2) is 4.79 Å². The summed E-state index contributed by atoms with van der Waals surface area (Å²) >= 11 is 6.12. The van der Waals surface area contributed by atoms with Crippen molar-refractivity contribution in [3.63, 3.8) is 0 Å². The number of fused-ring (bicyclic) bond motifs is 1. The Hall–Kier alpha value is -3.97. The zero-order valence-electron chi connectivity index (χ0n) is 19.8. The maximum atomic E-state index is 12.4. The summed E-state index contributed by atoms with van der Waals surface area (Å²) in [6, 6.07) is 16.2. The minimum atomic E-state index is -0.567. The van der Waals surface area contributed by atoms with Gasteiger partial charge >= 0.3 is 6.09 Å². The minimum Gasteiger partial charge on any atom is -0.493 e. The first-order valence-corrected chi connectivity index (χ1v) is 11.2. The first-order chi connectivity index (χ1) is 16.9. The van der Waals surface area contributed by atoms with Crippen LogP contribution in [0.3, 0.4) is 0 Å². The van der Waals surface area contributed by atoms with Crippen LogP contribution < -0.4 is 19.5 Å². The van der Waals surface area contributed by atoms with E-state index in [1.165, 1.54) is 0 Å². The summed E-state index contributed by atoms with van der Waals surface area (Å²) in [5.41, 5.74) is 3.81. The van der Waals surface area contributed by atoms with Gasteiger partial charge < -0.3 is 18.9 Å². The molecule has 35 heavy (non-hydrogen) atoms. The molecule has 3 aromatic carbocycles. The van der Waals surface area contributed by atoms with Crippen molar-refractivity contribution in [1.29, 1.82) is 0 Å². The molecule has 180 valence electrons. The molecule has 0 unspecified atom stereocenters. The highest BCUT2D eigenvalue weighted by Gasteiger charge is 2.15. The lowest BCUT2D eigenvalue weighted by Gasteiger charge is -2.16. The lowest BCUT2D eigenvalue weighted by molar-refractivity contribution is 0.155. The molecule has 0 aliphatic carbocycles. The first-order valence-electron chi connectivity index (χ1n) is 10.9. The van der Waals surface area contributed by atoms with Crippen LogP contribution >= 0.6 is 11.6 Å². The van der Waals surface area contributed by atoms with Crippen molar-refractivity contribution in [1.82, 2.24) is 4.98 Å². The minimum absolute atomic E-state index is 0.0775. The summed E-state index contributed by atoms with van der Waals surface area (Å²) < 4.78 is 22.4. The van der Waals surface area contributed by atoms with Crippen LogP contribution in [0.15, 0.2) is 60.8 Å². The van der Waals surface area contributed by atoms with Crippen molar-refractivity contribution in [3.8, 4) is 23.0 Å². The number of ether oxygens (including phenoxy) is 4. The fourth-order valence-corrected chi connectivity index (χ4v) is 3.79. The van der Waals surface area contributed by atoms with Crippen LogP contribution in [-0.2, 0) is 11.3 Å². The summed E-state index contributed by atoms with van der Waals surface area (Å²) in [5, 5.41) is 4.12. The third-order valence-electron chi connectivity index (χ3n) is 5.72. The number of rotatable bonds is 7. The van der Waals surface area contributed by atoms with Crippen LogP contribution in [0.1, 0.15) is 16.7 Å². The third kappa shape index (κ3) is 5.25. The average molecular weight is 493 g/mol. The molecule has 1 aromatic heterocycles. The number of carbonyl (C=O) groups is 1. The SMILES string of the molecule is COc1cc2nccc(Oc3ccc(NC(=O)OCc4ccccc4Cl)c(C)c3C)c2cc1OC. The largest absolute Gasteiger partial charge is 0.493 e. The molecule has 4 aromatic rings. The molecule has 0 aliphatic heterocycles. The summed E-state index contributed by atoms with van der Waals surface area (Å²) in [7, 11) is 3.16. The molecule has 0 saturated carbocycles. The van der Waals surface area contributed by atoms with E-state index in [0.29, 0.717) is 39.2 Å². The van der Waals surface area contributed by atoms with Crippen LogP contribution in [0, 0.1) is 13.8 Å². The van der Waals surface area contributed by atoms with E-state index < -0.39 is 6.09 Å². The molecule has 0 radical (unpaired) electrons. The molecule has 0 bridgehead atoms. The lowest BCUT2D eigenvalue weighted by Crippen LogP contribution is -2.14. The van der Waals surface area contributed by atoms with Crippen molar-refractivity contribution in [3.05, 3.63) is 82.5 Å². The van der Waals surface area contributed by atoms with Crippen LogP contribution in [0.25, 0.3) is 10.9 Å². The number of hydrogen-bond donors (Lipinski definition) is 1. The van der Waals surface area contributed by atoms with Gasteiger partial charge in [-0.15, -0.1) is 0 Å². The Morgan fingerprint density at radius 1 is 0.914 bits per heavy atom. The lowest BCUT2D eigenvalue weighted by atomic mass is 10.1. The summed E-state index contributed by atoms with van der Waals surface area (Å²) in [6.45, 7) is 3.91. The van der Waals surface area contributed by atoms with Gasteiger partial charge in [-0.1, -0.05) is 29.8 Å². The fraction of sp³-hybridized carbons (Fsp3) is 0.185. The topological polar surface area (TPSA) is 78.9 Å². The van der Waals surface area contributed by atoms with Gasteiger partial charge in [0.1, 0.15) is 18.1 Å². The Morgan fingerprint density at radius 3 is 2.40 bits per heavy atom. The van der Waals surface area contributed by atoms with Gasteiger partial charge in [0.05, 0.1) is 19.7 Å². The van der Waals surface area contributed by atoms with E-state index in [9.17, 15) is 4.79 Å². The van der Waals surface area contributed by atoms with E-state index >= 15 is 0 Å². The average Bonchev–Trinajstić information content (AvgIpc) is 2.87. The predicted octanol–water partition coefficient (Wildman–Crippen LogP) is 7.06. The van der Waals surface area contributed by atoms with Crippen molar-refractivity contribution in [2.45, 2.75) is 20.5 Å². The van der Waals surface area contributed by atoms with Gasteiger partial charge in [-0.2, -0.15) is 0 Å². The summed E-state index contributed by atoms with van der Waals surface area (Å²) in [4.78, 5) is 16.8. The van der Waals surface area contributed by atoms with E-state index in [1.807, 2.05) is 38.1 Å². The second-order valence-corrected chi connectivity index (χ2v) is 8.20. The summed E-state index contributed by atoms with van der Waals surface area (Å²) in [5.74, 6) is 2.45. The summed E-state index contributed by atoms with van der Waals surface area (Å²) in [6.07, 6.45) is 1.11. The second kappa shape index (κ2) is 10.5. The van der Waals surface area contributed by atoms with Crippen LogP contribution in [-0.4, -0.2) is 25.3 Å². The number of nitrogens with one attached hydrogen (secondary N) is 1. The monoisotopic (exact) mass is 492 g/mol. The van der Waals surface area contributed by atoms with Crippen molar-refractivity contribution in [2.24, 2.45) is 0 Å². The fourth-order valence-electron chi connectivity index (χ4n) is 3.60. The number of hydrogen-bond acceptors (Lipinski definition) is 6. The van der Waals surface area contributed by atoms with Gasteiger partial charge in [0, 0.05) is 33.9 Å². The quantitative estimate of drug-likeness (QED) is 0.297. The molecular weight excluding hydrogens is 468 g/mol. The number of nitrogens with zero attached hydrogens (tertiary/aromatic N) is 1. The van der Waals surface area contributed by atoms with Gasteiger partial charge in [0.15, 0.2) is 11.5 Å². The molecule has 1 heterocycles. The Kier molecular flexibility index (Phi) is 7.27. The van der Waals surface area contributed by atoms with Crippen molar-refractivity contribution in [2.75, 3.05) is 19.5 Å². The molecule has 4 rings (SSSR count). The Labute approximate surface area is 208 Å². The van der Waals surface area contributed by atoms with Gasteiger partial charge in [-0.3, -0.25) is 10.3 Å². The van der Waals surface area contributed by atoms with Gasteiger partial charge in [0.2, 0.25) is 0 Å². The highest BCUT2D eigenvalue weighted by Crippen LogP contribution is 2.38. The number of methoxy groups -OCH3 is 2. The zero-order valence-corrected chi connectivity index (χ0v) is 20.6. The van der Waals surface area contributed by atoms with Gasteiger partial charge in [0.25, 0.3) is 0 Å². The van der Waals surface area contributed by atoms with Crippen molar-refractivity contribution >= 4 is 34.3 Å². The molecule has 0 fully saturated rings. The Morgan fingerprint density at radius 2 is 1.66 bits per heavy atom. The molecule has 1 N–H and O–H groups in total. The van der Waals surface area contributed by atoms with Gasteiger partial charge in [-0.05, 0) is 55.3 Å². The molecule has 7 nitrogen and oxygen atoms in total. The number of aromatic nitrogens is 1. The molecule has 1 amide bonds. The molecular formula is C27H25ClN2O5. The Balaban J connectivity index is 1.53. The number of pyridine rings is 1. The maximum Gasteiger partial charge on any atom is 0.411 e. The zero-order chi connectivity index (χ0) is 24.9. The third-order valence-corrected chi connectivity index (χ3v) is 6.09. The van der Waals surface area contributed by atoms with Crippen molar-refractivity contribution < 1.29 is 23.7 Å². The first kappa shape index (κ1) is 24.2. The maximum absolute atomic E-state index is 12.4. The highest BCUT2D eigenvalue weighted by atomic mass is 35.5. The van der Waals surface area contributed by atoms with E-state index in [-0.39, 0.29) is 6.61 Å². The van der Waals surface area contributed by atoms with E-state index in [1.54, 1.807) is 50.7 Å². The van der Waals surface area contributed by atoms with Crippen LogP contribution in [0.5, 0.6) is 23.0 Å². The van der Waals surface area contributed by atoms with E-state index in [4.69, 9.17) is 30.5 Å². The van der Waals surface area contributed by atoms with E-state index in [2.05, 4.69) is 10.3 Å². The molecule has 0 spiro atoms. The standard InChI is InChI=1S/C27H25ClN2O5/c1-16-17(2)23(10-9-21(16)30-27(31)34-15-18-7-5-6-8-20(18)28)35-24-11-12-29-22-14-26(33-4)25(32-3)13-19(22)24/h5-14H,15H2,1-4H3,(H,30,31). The van der Waals surface area contributed by atoms with Crippen LogP contribution in [0.2, 0.25) is 5.02 Å².